The van der Waals surface area contributed by atoms with Crippen molar-refractivity contribution in [2.24, 2.45) is 12.5 Å². The Kier molecular flexibility index (Phi) is 3.54. The van der Waals surface area contributed by atoms with Gasteiger partial charge in [-0.1, -0.05) is 39.0 Å². The summed E-state index contributed by atoms with van der Waals surface area (Å²) in [6, 6.07) is 17.7. The zero-order valence-electron chi connectivity index (χ0n) is 17.2. The van der Waals surface area contributed by atoms with Crippen molar-refractivity contribution in [1.82, 2.24) is 9.38 Å². The minimum atomic E-state index is 0.262. The first-order valence-corrected chi connectivity index (χ1v) is 9.94. The highest BCUT2D eigenvalue weighted by atomic mass is 15.1. The van der Waals surface area contributed by atoms with E-state index in [4.69, 9.17) is 4.98 Å². The lowest BCUT2D eigenvalue weighted by Crippen LogP contribution is -2.27. The first-order valence-electron chi connectivity index (χ1n) is 9.94. The van der Waals surface area contributed by atoms with Gasteiger partial charge >= 0.3 is 0 Å². The Labute approximate surface area is 165 Å². The third kappa shape index (κ3) is 2.42. The lowest BCUT2D eigenvalue weighted by molar-refractivity contribution is -0.617. The van der Waals surface area contributed by atoms with Gasteiger partial charge in [0, 0.05) is 11.6 Å². The molecular weight excluding hydrogens is 342 g/mol. The fraction of sp³-hybridized carbons (Fsp3) is 0.280. The van der Waals surface area contributed by atoms with Gasteiger partial charge < -0.3 is 0 Å². The molecule has 140 valence electrons. The molecule has 0 saturated heterocycles. The van der Waals surface area contributed by atoms with E-state index in [1.54, 1.807) is 0 Å². The molecule has 3 heteroatoms. The summed E-state index contributed by atoms with van der Waals surface area (Å²) in [5.41, 5.74) is 8.92. The molecule has 0 radical (unpaired) electrons. The van der Waals surface area contributed by atoms with E-state index in [2.05, 4.69) is 92.2 Å². The lowest BCUT2D eigenvalue weighted by atomic mass is 9.88. The summed E-state index contributed by atoms with van der Waals surface area (Å²) < 4.78 is 4.74. The van der Waals surface area contributed by atoms with Crippen LogP contribution in [0.1, 0.15) is 31.9 Å². The Morgan fingerprint density at radius 2 is 1.79 bits per heavy atom. The van der Waals surface area contributed by atoms with E-state index in [1.807, 2.05) is 6.20 Å². The van der Waals surface area contributed by atoms with Crippen LogP contribution in [-0.4, -0.2) is 9.38 Å². The third-order valence-corrected chi connectivity index (χ3v) is 5.69. The van der Waals surface area contributed by atoms with Gasteiger partial charge in [0.25, 0.3) is 5.65 Å². The number of aryl methyl sites for hydroxylation is 2. The maximum Gasteiger partial charge on any atom is 0.297 e. The van der Waals surface area contributed by atoms with Crippen LogP contribution in [0.2, 0.25) is 0 Å². The predicted molar refractivity (Wildman–Crippen MR) is 117 cm³/mol. The zero-order chi connectivity index (χ0) is 19.6. The van der Waals surface area contributed by atoms with Crippen molar-refractivity contribution in [2.75, 3.05) is 0 Å². The maximum atomic E-state index is 4.77. The molecule has 3 heterocycles. The van der Waals surface area contributed by atoms with Crippen LogP contribution in [0.15, 0.2) is 54.7 Å². The zero-order valence-corrected chi connectivity index (χ0v) is 17.2. The van der Waals surface area contributed by atoms with Crippen molar-refractivity contribution in [2.45, 2.75) is 34.1 Å². The molecule has 3 nitrogen and oxygen atoms in total. The summed E-state index contributed by atoms with van der Waals surface area (Å²) in [6.07, 6.45) is 2.98. The second kappa shape index (κ2) is 5.78. The summed E-state index contributed by atoms with van der Waals surface area (Å²) in [4.78, 5) is 4.77. The largest absolute Gasteiger partial charge is 0.297 e. The smallest absolute Gasteiger partial charge is 0.255 e. The average Bonchev–Trinajstić information content (AvgIpc) is 2.93. The summed E-state index contributed by atoms with van der Waals surface area (Å²) in [5.74, 6) is 0. The SMILES string of the molecule is Cc1ccnc2c3ccccc3n3c4cc(CC(C)(C)C)ccc4[n+](C)c3c12. The number of pyridine rings is 2. The van der Waals surface area contributed by atoms with Crippen molar-refractivity contribution in [3.63, 3.8) is 0 Å². The predicted octanol–water partition coefficient (Wildman–Crippen LogP) is 5.52. The standard InChI is InChI=1S/C25H26N3/c1-16-12-13-26-23-18-8-6-7-9-19(18)28-21-14-17(15-25(2,3)4)10-11-20(21)27(5)24(28)22(16)23/h6-14H,15H2,1-5H3/q+1. The molecule has 5 aromatic rings. The van der Waals surface area contributed by atoms with Gasteiger partial charge in [-0.2, -0.15) is 4.40 Å². The monoisotopic (exact) mass is 368 g/mol. The molecule has 0 N–H and O–H groups in total. The molecule has 0 aliphatic carbocycles. The molecule has 0 spiro atoms. The van der Waals surface area contributed by atoms with Crippen LogP contribution in [0.4, 0.5) is 0 Å². The Bertz CT molecular complexity index is 1380. The number of para-hydroxylation sites is 1. The molecule has 5 rings (SSSR count). The molecule has 3 aromatic heterocycles. The van der Waals surface area contributed by atoms with Crippen molar-refractivity contribution < 1.29 is 4.57 Å². The Balaban J connectivity index is 2.04. The highest BCUT2D eigenvalue weighted by Crippen LogP contribution is 2.32. The Morgan fingerprint density at radius 1 is 1.00 bits per heavy atom. The first-order chi connectivity index (χ1) is 13.3. The fourth-order valence-electron chi connectivity index (χ4n) is 4.57. The van der Waals surface area contributed by atoms with E-state index in [1.165, 1.54) is 44.1 Å². The number of rotatable bonds is 1. The van der Waals surface area contributed by atoms with Crippen molar-refractivity contribution >= 4 is 38.5 Å². The third-order valence-electron chi connectivity index (χ3n) is 5.69. The molecule has 0 fully saturated rings. The summed E-state index contributed by atoms with van der Waals surface area (Å²) in [7, 11) is 2.17. The van der Waals surface area contributed by atoms with Gasteiger partial charge in [0.2, 0.25) is 0 Å². The second-order valence-electron chi connectivity index (χ2n) is 9.15. The number of benzene rings is 2. The quantitative estimate of drug-likeness (QED) is 0.282. The molecule has 0 atom stereocenters. The molecule has 0 unspecified atom stereocenters. The first kappa shape index (κ1) is 17.2. The van der Waals surface area contributed by atoms with Gasteiger partial charge in [-0.15, -0.1) is 0 Å². The Hall–Kier alpha value is -2.94. The van der Waals surface area contributed by atoms with Crippen LogP contribution in [-0.2, 0) is 13.5 Å². The van der Waals surface area contributed by atoms with E-state index in [0.29, 0.717) is 0 Å². The molecular formula is C25H26N3+. The summed E-state index contributed by atoms with van der Waals surface area (Å²) >= 11 is 0. The van der Waals surface area contributed by atoms with Gasteiger partial charge in [0.1, 0.15) is 5.52 Å². The minimum absolute atomic E-state index is 0.262. The topological polar surface area (TPSA) is 21.2 Å². The van der Waals surface area contributed by atoms with E-state index in [9.17, 15) is 0 Å². The minimum Gasteiger partial charge on any atom is -0.255 e. The number of imidazole rings is 1. The fourth-order valence-corrected chi connectivity index (χ4v) is 4.57. The maximum absolute atomic E-state index is 4.77. The summed E-state index contributed by atoms with van der Waals surface area (Å²) in [5, 5.41) is 2.43. The number of nitrogens with zero attached hydrogens (tertiary/aromatic N) is 3. The summed E-state index contributed by atoms with van der Waals surface area (Å²) in [6.45, 7) is 9.07. The lowest BCUT2D eigenvalue weighted by Gasteiger charge is -2.17. The highest BCUT2D eigenvalue weighted by Gasteiger charge is 2.25. The van der Waals surface area contributed by atoms with Crippen LogP contribution in [0.5, 0.6) is 0 Å². The second-order valence-corrected chi connectivity index (χ2v) is 9.15. The molecule has 0 saturated carbocycles. The van der Waals surface area contributed by atoms with Gasteiger partial charge in [0.15, 0.2) is 11.0 Å². The van der Waals surface area contributed by atoms with E-state index < -0.39 is 0 Å². The van der Waals surface area contributed by atoms with Gasteiger partial charge in [0.05, 0.1) is 18.0 Å². The van der Waals surface area contributed by atoms with Crippen molar-refractivity contribution in [1.29, 1.82) is 0 Å². The van der Waals surface area contributed by atoms with Crippen LogP contribution in [0.3, 0.4) is 0 Å². The van der Waals surface area contributed by atoms with Crippen LogP contribution in [0, 0.1) is 12.3 Å². The molecule has 0 amide bonds. The molecule has 2 aromatic carbocycles. The van der Waals surface area contributed by atoms with Gasteiger partial charge in [-0.05, 0) is 60.2 Å². The molecule has 28 heavy (non-hydrogen) atoms. The van der Waals surface area contributed by atoms with E-state index in [-0.39, 0.29) is 5.41 Å². The average molecular weight is 369 g/mol. The number of fused-ring (bicyclic) bond motifs is 8. The Morgan fingerprint density at radius 3 is 2.57 bits per heavy atom. The molecule has 0 bridgehead atoms. The normalized spacial score (nSPS) is 12.6. The van der Waals surface area contributed by atoms with Crippen molar-refractivity contribution in [3.8, 4) is 0 Å². The van der Waals surface area contributed by atoms with E-state index >= 15 is 0 Å². The number of hydrogen-bond acceptors (Lipinski definition) is 1. The highest BCUT2D eigenvalue weighted by molar-refractivity contribution is 6.11. The number of hydrogen-bond donors (Lipinski definition) is 0. The van der Waals surface area contributed by atoms with Crippen LogP contribution >= 0.6 is 0 Å². The van der Waals surface area contributed by atoms with E-state index in [0.717, 1.165) is 11.9 Å². The van der Waals surface area contributed by atoms with Gasteiger partial charge in [-0.25, -0.2) is 4.57 Å². The van der Waals surface area contributed by atoms with Crippen molar-refractivity contribution in [3.05, 3.63) is 65.9 Å². The van der Waals surface area contributed by atoms with Crippen LogP contribution < -0.4 is 4.57 Å². The van der Waals surface area contributed by atoms with Crippen LogP contribution in [0.25, 0.3) is 38.5 Å². The number of aromatic nitrogens is 3. The molecule has 0 aliphatic heterocycles. The van der Waals surface area contributed by atoms with Gasteiger partial charge in [-0.3, -0.25) is 4.98 Å². The molecule has 0 aliphatic rings.